The zero-order chi connectivity index (χ0) is 14.2. The number of aliphatic carboxylic acids is 1. The van der Waals surface area contributed by atoms with Crippen molar-refractivity contribution in [2.75, 3.05) is 5.75 Å². The fourth-order valence-corrected chi connectivity index (χ4v) is 7.01. The van der Waals surface area contributed by atoms with Gasteiger partial charge in [-0.25, -0.2) is 8.42 Å². The molecular formula is C10H12ClNO4S3. The van der Waals surface area contributed by atoms with Crippen molar-refractivity contribution in [3.63, 3.8) is 0 Å². The van der Waals surface area contributed by atoms with Gasteiger partial charge in [0.2, 0.25) is 0 Å². The Hall–Kier alpha value is -0.280. The first kappa shape index (κ1) is 15.1. The van der Waals surface area contributed by atoms with Gasteiger partial charge < -0.3 is 5.11 Å². The highest BCUT2D eigenvalue weighted by Gasteiger charge is 2.46. The molecule has 1 N–H and O–H groups in total. The summed E-state index contributed by atoms with van der Waals surface area (Å²) in [6.45, 7) is 1.84. The summed E-state index contributed by atoms with van der Waals surface area (Å²) in [7, 11) is -3.81. The molecule has 1 fully saturated rings. The normalized spacial score (nSPS) is 24.7. The average molecular weight is 342 g/mol. The SMILES string of the molecule is CCC1SCC(C(=O)O)N1S(=O)(=O)c1ccc(Cl)s1. The van der Waals surface area contributed by atoms with E-state index in [0.29, 0.717) is 10.8 Å². The van der Waals surface area contributed by atoms with Gasteiger partial charge in [-0.05, 0) is 18.6 Å². The molecule has 2 unspecified atom stereocenters. The highest BCUT2D eigenvalue weighted by molar-refractivity contribution is 8.01. The van der Waals surface area contributed by atoms with Gasteiger partial charge in [0.25, 0.3) is 10.0 Å². The minimum Gasteiger partial charge on any atom is -0.480 e. The number of halogens is 1. The van der Waals surface area contributed by atoms with Crippen LogP contribution in [0.4, 0.5) is 0 Å². The van der Waals surface area contributed by atoms with Gasteiger partial charge in [0.05, 0.1) is 9.71 Å². The maximum Gasteiger partial charge on any atom is 0.322 e. The maximum absolute atomic E-state index is 12.5. The number of thiophene rings is 1. The molecule has 0 aromatic carbocycles. The molecule has 0 radical (unpaired) electrons. The van der Waals surface area contributed by atoms with E-state index in [1.54, 1.807) is 0 Å². The first-order chi connectivity index (χ1) is 8.87. The van der Waals surface area contributed by atoms with E-state index in [-0.39, 0.29) is 15.3 Å². The van der Waals surface area contributed by atoms with E-state index in [1.165, 1.54) is 23.9 Å². The first-order valence-corrected chi connectivity index (χ1v) is 9.19. The van der Waals surface area contributed by atoms with Crippen LogP contribution in [0, 0.1) is 0 Å². The predicted octanol–water partition coefficient (Wildman–Crippen LogP) is 2.33. The van der Waals surface area contributed by atoms with E-state index in [0.717, 1.165) is 15.6 Å². The van der Waals surface area contributed by atoms with Gasteiger partial charge in [-0.2, -0.15) is 4.31 Å². The third-order valence-corrected chi connectivity index (χ3v) is 7.96. The van der Waals surface area contributed by atoms with Gasteiger partial charge >= 0.3 is 5.97 Å². The summed E-state index contributed by atoms with van der Waals surface area (Å²) in [5, 5.41) is 8.83. The monoisotopic (exact) mass is 341 g/mol. The quantitative estimate of drug-likeness (QED) is 0.909. The van der Waals surface area contributed by atoms with Crippen LogP contribution in [0.5, 0.6) is 0 Å². The molecule has 1 aromatic heterocycles. The lowest BCUT2D eigenvalue weighted by Crippen LogP contribution is -2.45. The Morgan fingerprint density at radius 2 is 2.26 bits per heavy atom. The van der Waals surface area contributed by atoms with Crippen LogP contribution in [0.25, 0.3) is 0 Å². The summed E-state index contributed by atoms with van der Waals surface area (Å²) in [6, 6.07) is 1.90. The maximum atomic E-state index is 12.5. The molecule has 0 aliphatic carbocycles. The molecule has 0 amide bonds. The standard InChI is InChI=1S/C10H12ClNO4S3/c1-2-8-12(6(5-17-8)10(13)14)19(15,16)9-4-3-7(11)18-9/h3-4,6,8H,2,5H2,1H3,(H,13,14). The summed E-state index contributed by atoms with van der Waals surface area (Å²) < 4.78 is 26.6. The van der Waals surface area contributed by atoms with Crippen molar-refractivity contribution in [1.29, 1.82) is 0 Å². The van der Waals surface area contributed by atoms with Crippen LogP contribution >= 0.6 is 34.7 Å². The van der Waals surface area contributed by atoms with Gasteiger partial charge in [-0.1, -0.05) is 18.5 Å². The lowest BCUT2D eigenvalue weighted by atomic mass is 10.3. The van der Waals surface area contributed by atoms with E-state index >= 15 is 0 Å². The van der Waals surface area contributed by atoms with Crippen LogP contribution in [0.15, 0.2) is 16.3 Å². The lowest BCUT2D eigenvalue weighted by Gasteiger charge is -2.24. The molecule has 5 nitrogen and oxygen atoms in total. The van der Waals surface area contributed by atoms with E-state index in [4.69, 9.17) is 11.6 Å². The molecule has 1 aromatic rings. The molecule has 19 heavy (non-hydrogen) atoms. The number of carboxylic acids is 1. The Labute approximate surface area is 124 Å². The third-order valence-electron chi connectivity index (χ3n) is 2.75. The second kappa shape index (κ2) is 5.61. The fraction of sp³-hybridized carbons (Fsp3) is 0.500. The summed E-state index contributed by atoms with van der Waals surface area (Å²) >= 11 is 8.05. The second-order valence-corrected chi connectivity index (χ2v) is 8.94. The lowest BCUT2D eigenvalue weighted by molar-refractivity contribution is -0.140. The molecule has 1 aliphatic rings. The fourth-order valence-electron chi connectivity index (χ4n) is 1.89. The molecule has 1 saturated heterocycles. The Kier molecular flexibility index (Phi) is 4.46. The van der Waals surface area contributed by atoms with Crippen molar-refractivity contribution in [2.24, 2.45) is 0 Å². The van der Waals surface area contributed by atoms with Crippen molar-refractivity contribution in [2.45, 2.75) is 29.0 Å². The second-order valence-electron chi connectivity index (χ2n) is 3.94. The van der Waals surface area contributed by atoms with Crippen molar-refractivity contribution >= 4 is 50.7 Å². The van der Waals surface area contributed by atoms with E-state index < -0.39 is 22.0 Å². The number of nitrogens with zero attached hydrogens (tertiary/aromatic N) is 1. The molecule has 9 heteroatoms. The molecule has 0 bridgehead atoms. The summed E-state index contributed by atoms with van der Waals surface area (Å²) in [5.41, 5.74) is 0. The van der Waals surface area contributed by atoms with Crippen molar-refractivity contribution in [3.05, 3.63) is 16.5 Å². The number of sulfonamides is 1. The Morgan fingerprint density at radius 1 is 1.58 bits per heavy atom. The van der Waals surface area contributed by atoms with Crippen LogP contribution in [0.3, 0.4) is 0 Å². The molecule has 2 rings (SSSR count). The van der Waals surface area contributed by atoms with Gasteiger partial charge in [0, 0.05) is 5.75 Å². The zero-order valence-electron chi connectivity index (χ0n) is 9.95. The highest BCUT2D eigenvalue weighted by atomic mass is 35.5. The van der Waals surface area contributed by atoms with Gasteiger partial charge in [-0.3, -0.25) is 4.79 Å². The van der Waals surface area contributed by atoms with Crippen LogP contribution in [-0.2, 0) is 14.8 Å². The van der Waals surface area contributed by atoms with Gasteiger partial charge in [-0.15, -0.1) is 23.1 Å². The van der Waals surface area contributed by atoms with E-state index in [9.17, 15) is 18.3 Å². The number of hydrogen-bond donors (Lipinski definition) is 1. The summed E-state index contributed by atoms with van der Waals surface area (Å²) in [6.07, 6.45) is 0.562. The van der Waals surface area contributed by atoms with Crippen LogP contribution in [-0.4, -0.2) is 41.0 Å². The number of carboxylic acid groups (broad SMARTS) is 1. The minimum atomic E-state index is -3.81. The number of thioether (sulfide) groups is 1. The Morgan fingerprint density at radius 3 is 2.74 bits per heavy atom. The smallest absolute Gasteiger partial charge is 0.322 e. The van der Waals surface area contributed by atoms with Gasteiger partial charge in [0.15, 0.2) is 0 Å². The molecular weight excluding hydrogens is 330 g/mol. The number of hydrogen-bond acceptors (Lipinski definition) is 5. The molecule has 2 heterocycles. The topological polar surface area (TPSA) is 74.7 Å². The van der Waals surface area contributed by atoms with Crippen molar-refractivity contribution in [1.82, 2.24) is 4.31 Å². The minimum absolute atomic E-state index is 0.0877. The van der Waals surface area contributed by atoms with E-state index in [1.807, 2.05) is 6.92 Å². The summed E-state index contributed by atoms with van der Waals surface area (Å²) in [4.78, 5) is 11.2. The first-order valence-electron chi connectivity index (χ1n) is 5.51. The Bertz CT molecular complexity index is 585. The van der Waals surface area contributed by atoms with Gasteiger partial charge in [0.1, 0.15) is 10.3 Å². The van der Waals surface area contributed by atoms with Crippen LogP contribution < -0.4 is 0 Å². The highest BCUT2D eigenvalue weighted by Crippen LogP contribution is 2.38. The number of carbonyl (C=O) groups is 1. The van der Waals surface area contributed by atoms with Crippen molar-refractivity contribution in [3.8, 4) is 0 Å². The summed E-state index contributed by atoms with van der Waals surface area (Å²) in [5.74, 6) is -0.846. The average Bonchev–Trinajstić information content (AvgIpc) is 2.94. The van der Waals surface area contributed by atoms with Crippen LogP contribution in [0.2, 0.25) is 4.34 Å². The molecule has 0 spiro atoms. The molecule has 0 saturated carbocycles. The molecule has 2 atom stereocenters. The van der Waals surface area contributed by atoms with Crippen LogP contribution in [0.1, 0.15) is 13.3 Å². The third kappa shape index (κ3) is 2.78. The largest absolute Gasteiger partial charge is 0.480 e. The molecule has 106 valence electrons. The zero-order valence-corrected chi connectivity index (χ0v) is 13.2. The predicted molar refractivity (Wildman–Crippen MR) is 76.3 cm³/mol. The Balaban J connectivity index is 2.43. The number of rotatable bonds is 4. The molecule has 1 aliphatic heterocycles. The van der Waals surface area contributed by atoms with E-state index in [2.05, 4.69) is 0 Å². The van der Waals surface area contributed by atoms with Crippen molar-refractivity contribution < 1.29 is 18.3 Å².